The van der Waals surface area contributed by atoms with Crippen LogP contribution in [0, 0.1) is 0 Å². The van der Waals surface area contributed by atoms with Gasteiger partial charge in [0.2, 0.25) is 0 Å². The molecule has 0 saturated heterocycles. The van der Waals surface area contributed by atoms with Crippen molar-refractivity contribution in [1.82, 2.24) is 24.6 Å². The Morgan fingerprint density at radius 1 is 1.08 bits per heavy atom. The highest BCUT2D eigenvalue weighted by Crippen LogP contribution is 2.09. The minimum atomic E-state index is 0.0699. The molecule has 0 amide bonds. The van der Waals surface area contributed by atoms with Crippen LogP contribution in [0.25, 0.3) is 0 Å². The Morgan fingerprint density at radius 2 is 1.92 bits per heavy atom. The molecule has 0 aliphatic rings. The molecule has 1 aromatic carbocycles. The van der Waals surface area contributed by atoms with E-state index in [0.29, 0.717) is 31.3 Å². The molecule has 0 saturated carbocycles. The summed E-state index contributed by atoms with van der Waals surface area (Å²) in [4.78, 5) is 10.5. The maximum atomic E-state index is 9.32. The van der Waals surface area contributed by atoms with Crippen molar-refractivity contribution in [3.05, 3.63) is 71.9 Å². The normalized spacial score (nSPS) is 11.1. The first-order valence-corrected chi connectivity index (χ1v) is 8.19. The van der Waals surface area contributed by atoms with E-state index in [2.05, 4.69) is 32.1 Å². The summed E-state index contributed by atoms with van der Waals surface area (Å²) < 4.78 is 1.92. The molecule has 0 aliphatic heterocycles. The summed E-state index contributed by atoms with van der Waals surface area (Å²) >= 11 is 0. The number of benzene rings is 1. The first kappa shape index (κ1) is 17.1. The second-order valence-corrected chi connectivity index (χ2v) is 5.86. The van der Waals surface area contributed by atoms with Gasteiger partial charge in [-0.3, -0.25) is 9.58 Å². The van der Waals surface area contributed by atoms with Crippen LogP contribution in [0.4, 0.5) is 5.82 Å². The number of aromatic nitrogens is 4. The third-order valence-electron chi connectivity index (χ3n) is 3.79. The van der Waals surface area contributed by atoms with Gasteiger partial charge in [-0.15, -0.1) is 0 Å². The van der Waals surface area contributed by atoms with E-state index in [1.165, 1.54) is 5.56 Å². The summed E-state index contributed by atoms with van der Waals surface area (Å²) in [6, 6.07) is 11.9. The molecule has 3 aromatic rings. The largest absolute Gasteiger partial charge is 0.395 e. The summed E-state index contributed by atoms with van der Waals surface area (Å²) in [5, 5.41) is 13.7. The lowest BCUT2D eigenvalue weighted by molar-refractivity contribution is 0.181. The van der Waals surface area contributed by atoms with Crippen LogP contribution in [0.3, 0.4) is 0 Å². The molecule has 0 radical (unpaired) electrons. The topological polar surface area (TPSA) is 93.1 Å². The smallest absolute Gasteiger partial charge is 0.144 e. The fourth-order valence-electron chi connectivity index (χ4n) is 2.65. The van der Waals surface area contributed by atoms with E-state index < -0.39 is 0 Å². The van der Waals surface area contributed by atoms with Gasteiger partial charge in [-0.25, -0.2) is 9.97 Å². The summed E-state index contributed by atoms with van der Waals surface area (Å²) in [6.07, 6.45) is 5.53. The fraction of sp³-hybridized carbons (Fsp3) is 0.278. The number of anilines is 1. The number of hydrogen-bond acceptors (Lipinski definition) is 6. The molecule has 3 rings (SSSR count). The average Bonchev–Trinajstić information content (AvgIpc) is 3.03. The molecule has 2 aromatic heterocycles. The Labute approximate surface area is 146 Å². The zero-order valence-corrected chi connectivity index (χ0v) is 14.0. The number of aliphatic hydroxyl groups excluding tert-OH is 1. The third-order valence-corrected chi connectivity index (χ3v) is 3.79. The second kappa shape index (κ2) is 8.36. The van der Waals surface area contributed by atoms with Gasteiger partial charge in [0.05, 0.1) is 25.9 Å². The van der Waals surface area contributed by atoms with E-state index in [1.54, 1.807) is 12.3 Å². The maximum Gasteiger partial charge on any atom is 0.144 e. The lowest BCUT2D eigenvalue weighted by Crippen LogP contribution is -2.27. The molecule has 0 aliphatic carbocycles. The number of aliphatic hydroxyl groups is 1. The van der Waals surface area contributed by atoms with Crippen molar-refractivity contribution in [2.75, 3.05) is 18.9 Å². The molecule has 7 nitrogen and oxygen atoms in total. The standard InChI is InChI=1S/C18H22N6O/c19-17-6-7-20-18(22-17)14-23(8-9-25)11-16-10-21-24(13-16)12-15-4-2-1-3-5-15/h1-7,10,13,25H,8-9,11-12,14H2,(H2,19,20,22). The van der Waals surface area contributed by atoms with Gasteiger partial charge in [-0.05, 0) is 11.6 Å². The maximum absolute atomic E-state index is 9.32. The van der Waals surface area contributed by atoms with E-state index in [9.17, 15) is 5.11 Å². The monoisotopic (exact) mass is 338 g/mol. The minimum Gasteiger partial charge on any atom is -0.395 e. The highest BCUT2D eigenvalue weighted by atomic mass is 16.3. The van der Waals surface area contributed by atoms with Crippen LogP contribution in [-0.4, -0.2) is 42.9 Å². The summed E-state index contributed by atoms with van der Waals surface area (Å²) in [5.74, 6) is 1.09. The van der Waals surface area contributed by atoms with Crippen LogP contribution < -0.4 is 5.73 Å². The molecule has 25 heavy (non-hydrogen) atoms. The second-order valence-electron chi connectivity index (χ2n) is 5.86. The molecule has 0 unspecified atom stereocenters. The van der Waals surface area contributed by atoms with Crippen molar-refractivity contribution < 1.29 is 5.11 Å². The van der Waals surface area contributed by atoms with Gasteiger partial charge >= 0.3 is 0 Å². The van der Waals surface area contributed by atoms with Crippen LogP contribution in [0.2, 0.25) is 0 Å². The summed E-state index contributed by atoms with van der Waals surface area (Å²) in [6.45, 7) is 2.52. The Morgan fingerprint density at radius 3 is 2.68 bits per heavy atom. The van der Waals surface area contributed by atoms with E-state index >= 15 is 0 Å². The van der Waals surface area contributed by atoms with Crippen LogP contribution in [0.1, 0.15) is 17.0 Å². The van der Waals surface area contributed by atoms with Crippen molar-refractivity contribution >= 4 is 5.82 Å². The molecule has 3 N–H and O–H groups in total. The van der Waals surface area contributed by atoms with Crippen LogP contribution in [-0.2, 0) is 19.6 Å². The Balaban J connectivity index is 1.64. The fourth-order valence-corrected chi connectivity index (χ4v) is 2.65. The van der Waals surface area contributed by atoms with Crippen LogP contribution in [0.15, 0.2) is 55.0 Å². The number of nitrogens with two attached hydrogens (primary N) is 1. The van der Waals surface area contributed by atoms with Gasteiger partial charge < -0.3 is 10.8 Å². The third kappa shape index (κ3) is 5.10. The predicted octanol–water partition coefficient (Wildman–Crippen LogP) is 1.30. The molecule has 130 valence electrons. The first-order chi connectivity index (χ1) is 12.2. The van der Waals surface area contributed by atoms with Gasteiger partial charge in [0.1, 0.15) is 11.6 Å². The van der Waals surface area contributed by atoms with E-state index in [-0.39, 0.29) is 6.61 Å². The van der Waals surface area contributed by atoms with Crippen LogP contribution in [0.5, 0.6) is 0 Å². The lowest BCUT2D eigenvalue weighted by atomic mass is 10.2. The zero-order valence-electron chi connectivity index (χ0n) is 14.0. The van der Waals surface area contributed by atoms with Crippen molar-refractivity contribution in [2.24, 2.45) is 0 Å². The highest BCUT2D eigenvalue weighted by Gasteiger charge is 2.10. The number of nitrogen functional groups attached to an aromatic ring is 1. The molecular formula is C18H22N6O. The molecule has 0 spiro atoms. The van der Waals surface area contributed by atoms with Gasteiger partial charge in [0.25, 0.3) is 0 Å². The molecular weight excluding hydrogens is 316 g/mol. The Bertz CT molecular complexity index is 789. The predicted molar refractivity (Wildman–Crippen MR) is 95.4 cm³/mol. The number of hydrogen-bond donors (Lipinski definition) is 2. The van der Waals surface area contributed by atoms with Gasteiger partial charge in [-0.1, -0.05) is 30.3 Å². The quantitative estimate of drug-likeness (QED) is 0.643. The SMILES string of the molecule is Nc1ccnc(CN(CCO)Cc2cnn(Cc3ccccc3)c2)n1. The van der Waals surface area contributed by atoms with Crippen molar-refractivity contribution in [1.29, 1.82) is 0 Å². The molecule has 0 atom stereocenters. The van der Waals surface area contributed by atoms with Gasteiger partial charge in [0.15, 0.2) is 0 Å². The van der Waals surface area contributed by atoms with E-state index in [1.807, 2.05) is 35.3 Å². The van der Waals surface area contributed by atoms with Crippen molar-refractivity contribution in [3.8, 4) is 0 Å². The van der Waals surface area contributed by atoms with Crippen molar-refractivity contribution in [2.45, 2.75) is 19.6 Å². The lowest BCUT2D eigenvalue weighted by Gasteiger charge is -2.19. The Kier molecular flexibility index (Phi) is 5.71. The van der Waals surface area contributed by atoms with E-state index in [0.717, 1.165) is 12.1 Å². The molecule has 7 heteroatoms. The zero-order chi connectivity index (χ0) is 17.5. The highest BCUT2D eigenvalue weighted by molar-refractivity contribution is 5.25. The molecule has 2 heterocycles. The van der Waals surface area contributed by atoms with Gasteiger partial charge in [0, 0.05) is 31.0 Å². The van der Waals surface area contributed by atoms with Crippen LogP contribution >= 0.6 is 0 Å². The number of nitrogens with zero attached hydrogens (tertiary/aromatic N) is 5. The van der Waals surface area contributed by atoms with Gasteiger partial charge in [-0.2, -0.15) is 5.10 Å². The first-order valence-electron chi connectivity index (χ1n) is 8.19. The van der Waals surface area contributed by atoms with Crippen molar-refractivity contribution in [3.63, 3.8) is 0 Å². The summed E-state index contributed by atoms with van der Waals surface area (Å²) in [5.41, 5.74) is 7.99. The molecule has 0 fully saturated rings. The van der Waals surface area contributed by atoms with E-state index in [4.69, 9.17) is 5.73 Å². The number of rotatable bonds is 8. The molecule has 0 bridgehead atoms. The Hall–Kier alpha value is -2.77. The average molecular weight is 338 g/mol. The summed E-state index contributed by atoms with van der Waals surface area (Å²) in [7, 11) is 0. The minimum absolute atomic E-state index is 0.0699.